The summed E-state index contributed by atoms with van der Waals surface area (Å²) in [6, 6.07) is 14.8. The lowest BCUT2D eigenvalue weighted by atomic mass is 9.95. The summed E-state index contributed by atoms with van der Waals surface area (Å²) in [5.74, 6) is 0. The Hall–Kier alpha value is -1.08. The zero-order valence-electron chi connectivity index (χ0n) is 16.9. The highest BCUT2D eigenvalue weighted by Gasteiger charge is 2.17. The first kappa shape index (κ1) is 19.9. The standard InChI is InChI=1S/C24H30IN3S/c25-29-23-15-19(26-17-7-3-1-4-8-17)11-13-21(23)28-22-14-12-20(16-24(22)29)27-18-9-5-2-6-10-18/h11-18,26-27H,1-10H2. The summed E-state index contributed by atoms with van der Waals surface area (Å²) < 4.78 is 1.37. The Kier molecular flexibility index (Phi) is 6.14. The molecule has 1 aliphatic heterocycles. The van der Waals surface area contributed by atoms with E-state index < -0.39 is 0 Å². The summed E-state index contributed by atoms with van der Waals surface area (Å²) in [4.78, 5) is 6.35. The SMILES string of the molecule is IS1=c2cc(NC3CCCCC3)ccc2=Nc2ccc(NC3CCCCC3)cc21. The maximum atomic E-state index is 4.98. The monoisotopic (exact) mass is 519 g/mol. The van der Waals surface area contributed by atoms with E-state index in [9.17, 15) is 0 Å². The van der Waals surface area contributed by atoms with Gasteiger partial charge in [0.25, 0.3) is 0 Å². The second-order valence-corrected chi connectivity index (χ2v) is 12.7. The molecule has 1 atom stereocenters. The molecule has 154 valence electrons. The van der Waals surface area contributed by atoms with Crippen LogP contribution in [0.15, 0.2) is 46.3 Å². The van der Waals surface area contributed by atoms with E-state index in [0.717, 1.165) is 11.0 Å². The fourth-order valence-electron chi connectivity index (χ4n) is 4.89. The van der Waals surface area contributed by atoms with Crippen LogP contribution in [0.5, 0.6) is 0 Å². The Balaban J connectivity index is 1.43. The Morgan fingerprint density at radius 2 is 1.34 bits per heavy atom. The molecule has 5 rings (SSSR count). The van der Waals surface area contributed by atoms with Crippen molar-refractivity contribution < 1.29 is 0 Å². The van der Waals surface area contributed by atoms with Crippen LogP contribution in [0, 0.1) is 4.51 Å². The molecule has 29 heavy (non-hydrogen) atoms. The molecule has 0 radical (unpaired) electrons. The molecule has 2 aromatic rings. The molecule has 3 aliphatic rings. The number of rotatable bonds is 4. The molecule has 2 fully saturated rings. The van der Waals surface area contributed by atoms with E-state index >= 15 is 0 Å². The van der Waals surface area contributed by atoms with Crippen molar-refractivity contribution in [2.75, 3.05) is 10.6 Å². The number of hydrogen-bond acceptors (Lipinski definition) is 3. The minimum Gasteiger partial charge on any atom is -0.382 e. The van der Waals surface area contributed by atoms with Gasteiger partial charge in [-0.1, -0.05) is 46.2 Å². The van der Waals surface area contributed by atoms with Gasteiger partial charge in [-0.3, -0.25) is 0 Å². The van der Waals surface area contributed by atoms with Gasteiger partial charge in [-0.2, -0.15) is 0 Å². The third-order valence-corrected chi connectivity index (χ3v) is 10.8. The van der Waals surface area contributed by atoms with Crippen LogP contribution in [0.25, 0.3) is 0 Å². The highest BCUT2D eigenvalue weighted by atomic mass is 127. The van der Waals surface area contributed by atoms with E-state index in [2.05, 4.69) is 68.2 Å². The zero-order valence-corrected chi connectivity index (χ0v) is 19.9. The molecule has 1 heterocycles. The summed E-state index contributed by atoms with van der Waals surface area (Å²) in [7, 11) is 0.0225. The average Bonchev–Trinajstić information content (AvgIpc) is 2.76. The van der Waals surface area contributed by atoms with Crippen molar-refractivity contribution in [3.05, 3.63) is 46.3 Å². The highest BCUT2D eigenvalue weighted by molar-refractivity contribution is 14.2. The van der Waals surface area contributed by atoms with Crippen molar-refractivity contribution in [2.24, 2.45) is 4.99 Å². The predicted octanol–water partition coefficient (Wildman–Crippen LogP) is 7.37. The van der Waals surface area contributed by atoms with Crippen molar-refractivity contribution in [1.82, 2.24) is 0 Å². The number of anilines is 2. The lowest BCUT2D eigenvalue weighted by Gasteiger charge is -2.25. The van der Waals surface area contributed by atoms with E-state index in [0.29, 0.717) is 12.1 Å². The van der Waals surface area contributed by atoms with Gasteiger partial charge in [0.2, 0.25) is 0 Å². The van der Waals surface area contributed by atoms with Crippen molar-refractivity contribution in [2.45, 2.75) is 81.2 Å². The van der Waals surface area contributed by atoms with Gasteiger partial charge in [0.15, 0.2) is 0 Å². The van der Waals surface area contributed by atoms with Crippen LogP contribution >= 0.6 is 28.9 Å². The zero-order chi connectivity index (χ0) is 19.6. The van der Waals surface area contributed by atoms with Gasteiger partial charge in [0.05, 0.1) is 11.0 Å². The normalized spacial score (nSPS) is 22.3. The smallest absolute Gasteiger partial charge is 0.0777 e. The van der Waals surface area contributed by atoms with E-state index in [1.165, 1.54) is 85.0 Å². The molecule has 2 aliphatic carbocycles. The fourth-order valence-corrected chi connectivity index (χ4v) is 8.30. The molecule has 0 amide bonds. The van der Waals surface area contributed by atoms with Crippen molar-refractivity contribution in [1.29, 1.82) is 0 Å². The fraction of sp³-hybridized carbons (Fsp3) is 0.500. The Morgan fingerprint density at radius 1 is 0.759 bits per heavy atom. The first-order valence-electron chi connectivity index (χ1n) is 11.2. The van der Waals surface area contributed by atoms with Crippen molar-refractivity contribution >= 4 is 45.9 Å². The van der Waals surface area contributed by atoms with Crippen LogP contribution < -0.4 is 16.0 Å². The number of nitrogens with zero attached hydrogens (tertiary/aromatic N) is 1. The summed E-state index contributed by atoms with van der Waals surface area (Å²) in [5, 5.41) is 8.71. The van der Waals surface area contributed by atoms with Gasteiger partial charge < -0.3 is 10.6 Å². The molecule has 1 unspecified atom stereocenters. The minimum atomic E-state index is 0.0225. The molecule has 0 spiro atoms. The molecule has 2 N–H and O–H groups in total. The van der Waals surface area contributed by atoms with Crippen LogP contribution in [0.2, 0.25) is 0 Å². The largest absolute Gasteiger partial charge is 0.382 e. The van der Waals surface area contributed by atoms with Crippen LogP contribution in [-0.4, -0.2) is 12.1 Å². The molecule has 2 saturated carbocycles. The van der Waals surface area contributed by atoms with E-state index in [4.69, 9.17) is 4.99 Å². The lowest BCUT2D eigenvalue weighted by Crippen LogP contribution is -2.22. The molecule has 0 aromatic heterocycles. The van der Waals surface area contributed by atoms with Crippen LogP contribution in [0.4, 0.5) is 17.1 Å². The molecular weight excluding hydrogens is 489 g/mol. The van der Waals surface area contributed by atoms with Gasteiger partial charge in [0, 0.05) is 32.9 Å². The topological polar surface area (TPSA) is 36.4 Å². The van der Waals surface area contributed by atoms with Crippen LogP contribution in [0.3, 0.4) is 0 Å². The average molecular weight is 519 g/mol. The van der Waals surface area contributed by atoms with Gasteiger partial charge in [-0.15, -0.1) is 0 Å². The Morgan fingerprint density at radius 3 is 2.00 bits per heavy atom. The quantitative estimate of drug-likeness (QED) is 0.327. The van der Waals surface area contributed by atoms with Crippen molar-refractivity contribution in [3.63, 3.8) is 0 Å². The molecule has 3 nitrogen and oxygen atoms in total. The van der Waals surface area contributed by atoms with Gasteiger partial charge >= 0.3 is 0 Å². The molecular formula is C24H30IN3S. The maximum absolute atomic E-state index is 4.98. The van der Waals surface area contributed by atoms with Gasteiger partial charge in [0.1, 0.15) is 0 Å². The second kappa shape index (κ2) is 8.96. The number of fused-ring (bicyclic) bond motifs is 2. The van der Waals surface area contributed by atoms with Gasteiger partial charge in [-0.05, 0) is 83.3 Å². The van der Waals surface area contributed by atoms with E-state index in [-0.39, 0.29) is 7.66 Å². The number of nitrogens with one attached hydrogen (secondary N) is 2. The maximum Gasteiger partial charge on any atom is 0.0777 e. The Bertz CT molecular complexity index is 1010. The highest BCUT2D eigenvalue weighted by Crippen LogP contribution is 2.46. The van der Waals surface area contributed by atoms with E-state index in [1.54, 1.807) is 0 Å². The third-order valence-electron chi connectivity index (χ3n) is 6.50. The summed E-state index contributed by atoms with van der Waals surface area (Å²) in [5.41, 5.74) is 3.66. The third kappa shape index (κ3) is 4.50. The van der Waals surface area contributed by atoms with Gasteiger partial charge in [-0.25, -0.2) is 4.99 Å². The first-order chi connectivity index (χ1) is 14.3. The summed E-state index contributed by atoms with van der Waals surface area (Å²) in [6.07, 6.45) is 13.4. The number of halogens is 1. The van der Waals surface area contributed by atoms with E-state index in [1.807, 2.05) is 0 Å². The number of hydrogen-bond donors (Lipinski definition) is 2. The number of benzene rings is 2. The summed E-state index contributed by atoms with van der Waals surface area (Å²) >= 11 is 2.63. The lowest BCUT2D eigenvalue weighted by molar-refractivity contribution is 0.462. The molecule has 0 bridgehead atoms. The second-order valence-electron chi connectivity index (χ2n) is 8.69. The van der Waals surface area contributed by atoms with Crippen LogP contribution in [-0.2, 0) is 0 Å². The Labute approximate surface area is 188 Å². The predicted molar refractivity (Wildman–Crippen MR) is 133 cm³/mol. The summed E-state index contributed by atoms with van der Waals surface area (Å²) in [6.45, 7) is 0. The molecule has 0 saturated heterocycles. The minimum absolute atomic E-state index is 0.0225. The molecule has 5 heteroatoms. The van der Waals surface area contributed by atoms with Crippen LogP contribution in [0.1, 0.15) is 64.2 Å². The molecule has 2 aromatic carbocycles. The first-order valence-corrected chi connectivity index (χ1v) is 15.0. The van der Waals surface area contributed by atoms with Crippen molar-refractivity contribution in [3.8, 4) is 0 Å².